The van der Waals surface area contributed by atoms with Crippen molar-refractivity contribution in [2.24, 2.45) is 5.73 Å². The fourth-order valence-corrected chi connectivity index (χ4v) is 1.87. The molecule has 106 valence electrons. The largest absolute Gasteiger partial charge is 0.320 e. The molecule has 0 bridgehead atoms. The Morgan fingerprint density at radius 1 is 0.800 bits per heavy atom. The second kappa shape index (κ2) is 5.20. The summed E-state index contributed by atoms with van der Waals surface area (Å²) < 4.78 is 66.4. The van der Waals surface area contributed by atoms with Crippen LogP contribution >= 0.6 is 0 Å². The number of aryl methyl sites for hydroxylation is 1. The molecule has 0 aliphatic rings. The molecule has 0 spiro atoms. The van der Waals surface area contributed by atoms with Gasteiger partial charge in [0, 0.05) is 17.2 Å². The van der Waals surface area contributed by atoms with Crippen LogP contribution in [0.15, 0.2) is 24.3 Å². The third-order valence-electron chi connectivity index (χ3n) is 3.01. The molecule has 0 saturated heterocycles. The number of nitrogens with two attached hydrogens (primary N) is 1. The Morgan fingerprint density at radius 3 is 2.10 bits per heavy atom. The van der Waals surface area contributed by atoms with Gasteiger partial charge < -0.3 is 5.73 Å². The van der Waals surface area contributed by atoms with Gasteiger partial charge in [0.1, 0.15) is 11.6 Å². The van der Waals surface area contributed by atoms with Gasteiger partial charge in [0.25, 0.3) is 0 Å². The molecule has 0 radical (unpaired) electrons. The van der Waals surface area contributed by atoms with E-state index in [1.54, 1.807) is 0 Å². The van der Waals surface area contributed by atoms with E-state index >= 15 is 0 Å². The van der Waals surface area contributed by atoms with Crippen LogP contribution < -0.4 is 5.73 Å². The third-order valence-corrected chi connectivity index (χ3v) is 3.01. The Balaban J connectivity index is 2.55. The molecule has 0 amide bonds. The van der Waals surface area contributed by atoms with Crippen LogP contribution in [0.3, 0.4) is 0 Å². The molecule has 0 aliphatic carbocycles. The van der Waals surface area contributed by atoms with E-state index in [-0.39, 0.29) is 11.1 Å². The minimum Gasteiger partial charge on any atom is -0.320 e. The molecule has 0 aliphatic heterocycles. The lowest BCUT2D eigenvalue weighted by atomic mass is 9.96. The Kier molecular flexibility index (Phi) is 3.76. The summed E-state index contributed by atoms with van der Waals surface area (Å²) in [6.45, 7) is 1.38. The summed E-state index contributed by atoms with van der Waals surface area (Å²) in [6.07, 6.45) is 0. The average molecular weight is 287 g/mol. The van der Waals surface area contributed by atoms with Crippen molar-refractivity contribution in [3.63, 3.8) is 0 Å². The lowest BCUT2D eigenvalue weighted by molar-refractivity contribution is 0.437. The summed E-state index contributed by atoms with van der Waals surface area (Å²) in [5.41, 5.74) is 5.17. The second-order valence-corrected chi connectivity index (χ2v) is 4.37. The fraction of sp³-hybridized carbons (Fsp3) is 0.143. The Hall–Kier alpha value is -1.95. The predicted molar refractivity (Wildman–Crippen MR) is 63.4 cm³/mol. The summed E-state index contributed by atoms with van der Waals surface area (Å²) in [4.78, 5) is 0. The Labute approximate surface area is 111 Å². The van der Waals surface area contributed by atoms with E-state index in [1.165, 1.54) is 6.92 Å². The molecule has 1 nitrogen and oxygen atoms in total. The number of benzene rings is 2. The SMILES string of the molecule is Cc1cc(C(N)c2ccc(F)c(F)c2F)c(F)cc1F. The molecule has 2 rings (SSSR count). The molecule has 2 N–H and O–H groups in total. The van der Waals surface area contributed by atoms with Gasteiger partial charge in [-0.2, -0.15) is 0 Å². The normalized spacial score (nSPS) is 12.6. The molecular weight excluding hydrogens is 277 g/mol. The minimum atomic E-state index is -1.68. The molecule has 1 atom stereocenters. The number of hydrogen-bond acceptors (Lipinski definition) is 1. The monoisotopic (exact) mass is 287 g/mol. The van der Waals surface area contributed by atoms with E-state index in [0.29, 0.717) is 12.1 Å². The van der Waals surface area contributed by atoms with Gasteiger partial charge in [-0.25, -0.2) is 22.0 Å². The van der Waals surface area contributed by atoms with Crippen molar-refractivity contribution in [2.45, 2.75) is 13.0 Å². The van der Waals surface area contributed by atoms with Gasteiger partial charge in [-0.1, -0.05) is 6.07 Å². The summed E-state index contributed by atoms with van der Waals surface area (Å²) in [5.74, 6) is -6.29. The van der Waals surface area contributed by atoms with Crippen LogP contribution in [0.1, 0.15) is 22.7 Å². The van der Waals surface area contributed by atoms with Gasteiger partial charge >= 0.3 is 0 Å². The van der Waals surface area contributed by atoms with Gasteiger partial charge in [0.05, 0.1) is 6.04 Å². The Morgan fingerprint density at radius 2 is 1.45 bits per heavy atom. The molecule has 0 saturated carbocycles. The maximum absolute atomic E-state index is 13.7. The van der Waals surface area contributed by atoms with Crippen LogP contribution in [0.4, 0.5) is 22.0 Å². The van der Waals surface area contributed by atoms with Gasteiger partial charge in [0.2, 0.25) is 0 Å². The van der Waals surface area contributed by atoms with Crippen LogP contribution in [0.5, 0.6) is 0 Å². The first-order valence-corrected chi connectivity index (χ1v) is 5.67. The van der Waals surface area contributed by atoms with Gasteiger partial charge in [0.15, 0.2) is 17.5 Å². The highest BCUT2D eigenvalue weighted by Crippen LogP contribution is 2.28. The molecule has 1 unspecified atom stereocenters. The van der Waals surface area contributed by atoms with E-state index < -0.39 is 40.7 Å². The van der Waals surface area contributed by atoms with Crippen LogP contribution in [-0.2, 0) is 0 Å². The van der Waals surface area contributed by atoms with E-state index in [0.717, 1.165) is 12.1 Å². The molecular formula is C14H10F5N. The lowest BCUT2D eigenvalue weighted by Crippen LogP contribution is -2.17. The zero-order valence-corrected chi connectivity index (χ0v) is 10.4. The second-order valence-electron chi connectivity index (χ2n) is 4.37. The smallest absolute Gasteiger partial charge is 0.194 e. The van der Waals surface area contributed by atoms with E-state index in [1.807, 2.05) is 0 Å². The first-order chi connectivity index (χ1) is 9.32. The van der Waals surface area contributed by atoms with Crippen LogP contribution in [0.25, 0.3) is 0 Å². The average Bonchev–Trinajstić information content (AvgIpc) is 2.40. The van der Waals surface area contributed by atoms with Crippen molar-refractivity contribution in [3.8, 4) is 0 Å². The maximum atomic E-state index is 13.7. The van der Waals surface area contributed by atoms with E-state index in [2.05, 4.69) is 0 Å². The van der Waals surface area contributed by atoms with Gasteiger partial charge in [-0.15, -0.1) is 0 Å². The molecule has 2 aromatic carbocycles. The lowest BCUT2D eigenvalue weighted by Gasteiger charge is -2.15. The van der Waals surface area contributed by atoms with Crippen molar-refractivity contribution in [2.75, 3.05) is 0 Å². The van der Waals surface area contributed by atoms with Crippen molar-refractivity contribution in [1.82, 2.24) is 0 Å². The standard InChI is InChI=1S/C14H10F5N/c1-6-4-8(11(17)5-10(6)16)14(20)7-2-3-9(15)13(19)12(7)18/h2-5,14H,20H2,1H3. The first kappa shape index (κ1) is 14.5. The number of halogens is 5. The Bertz CT molecular complexity index is 667. The highest BCUT2D eigenvalue weighted by atomic mass is 19.2. The highest BCUT2D eigenvalue weighted by Gasteiger charge is 2.22. The maximum Gasteiger partial charge on any atom is 0.194 e. The zero-order chi connectivity index (χ0) is 15.0. The highest BCUT2D eigenvalue weighted by molar-refractivity contribution is 5.36. The van der Waals surface area contributed by atoms with E-state index in [4.69, 9.17) is 5.73 Å². The molecule has 2 aromatic rings. The van der Waals surface area contributed by atoms with Crippen LogP contribution in [0, 0.1) is 36.0 Å². The van der Waals surface area contributed by atoms with Crippen molar-refractivity contribution < 1.29 is 22.0 Å². The van der Waals surface area contributed by atoms with Gasteiger partial charge in [-0.3, -0.25) is 0 Å². The predicted octanol–water partition coefficient (Wildman–Crippen LogP) is 3.74. The molecule has 20 heavy (non-hydrogen) atoms. The van der Waals surface area contributed by atoms with Crippen LogP contribution in [0.2, 0.25) is 0 Å². The molecule has 0 heterocycles. The summed E-state index contributed by atoms with van der Waals surface area (Å²) in [5, 5.41) is 0. The molecule has 0 fully saturated rings. The first-order valence-electron chi connectivity index (χ1n) is 5.67. The summed E-state index contributed by atoms with van der Waals surface area (Å²) in [7, 11) is 0. The number of hydrogen-bond donors (Lipinski definition) is 1. The third kappa shape index (κ3) is 2.38. The fourth-order valence-electron chi connectivity index (χ4n) is 1.87. The van der Waals surface area contributed by atoms with Crippen LogP contribution in [-0.4, -0.2) is 0 Å². The summed E-state index contributed by atoms with van der Waals surface area (Å²) in [6, 6.07) is 1.97. The summed E-state index contributed by atoms with van der Waals surface area (Å²) >= 11 is 0. The molecule has 6 heteroatoms. The van der Waals surface area contributed by atoms with Crippen molar-refractivity contribution >= 4 is 0 Å². The van der Waals surface area contributed by atoms with Crippen molar-refractivity contribution in [3.05, 3.63) is 70.0 Å². The van der Waals surface area contributed by atoms with Crippen molar-refractivity contribution in [1.29, 1.82) is 0 Å². The van der Waals surface area contributed by atoms with E-state index in [9.17, 15) is 22.0 Å². The minimum absolute atomic E-state index is 0.111. The van der Waals surface area contributed by atoms with Gasteiger partial charge in [-0.05, 0) is 24.6 Å². The zero-order valence-electron chi connectivity index (χ0n) is 10.4. The molecule has 0 aromatic heterocycles. The quantitative estimate of drug-likeness (QED) is 0.661. The topological polar surface area (TPSA) is 26.0 Å². The number of rotatable bonds is 2.